The molecule has 0 bridgehead atoms. The van der Waals surface area contributed by atoms with E-state index >= 15 is 0 Å². The van der Waals surface area contributed by atoms with Crippen molar-refractivity contribution in [3.63, 3.8) is 0 Å². The molecule has 11 heteroatoms. The maximum absolute atomic E-state index is 12.8. The van der Waals surface area contributed by atoms with Gasteiger partial charge in [-0.2, -0.15) is 0 Å². The van der Waals surface area contributed by atoms with Gasteiger partial charge in [0, 0.05) is 35.7 Å². The van der Waals surface area contributed by atoms with Gasteiger partial charge in [-0.05, 0) is 41.5 Å². The van der Waals surface area contributed by atoms with Crippen molar-refractivity contribution in [1.82, 2.24) is 9.88 Å². The zero-order chi connectivity index (χ0) is 23.7. The zero-order valence-corrected chi connectivity index (χ0v) is 20.6. The van der Waals surface area contributed by atoms with Gasteiger partial charge < -0.3 is 10.1 Å². The van der Waals surface area contributed by atoms with Crippen molar-refractivity contribution < 1.29 is 17.9 Å². The van der Waals surface area contributed by atoms with Crippen LogP contribution in [0.4, 0.5) is 16.3 Å². The van der Waals surface area contributed by atoms with Crippen LogP contribution in [-0.4, -0.2) is 50.6 Å². The van der Waals surface area contributed by atoms with E-state index < -0.39 is 9.84 Å². The molecule has 0 spiro atoms. The van der Waals surface area contributed by atoms with Crippen molar-refractivity contribution >= 4 is 50.3 Å². The molecule has 2 aromatic carbocycles. The Morgan fingerprint density at radius 1 is 1.12 bits per heavy atom. The lowest BCUT2D eigenvalue weighted by Crippen LogP contribution is -2.39. The molecule has 8 nitrogen and oxygen atoms in total. The van der Waals surface area contributed by atoms with Crippen LogP contribution in [0, 0.1) is 0 Å². The molecule has 1 N–H and O–H groups in total. The van der Waals surface area contributed by atoms with E-state index in [4.69, 9.17) is 16.3 Å². The summed E-state index contributed by atoms with van der Waals surface area (Å²) in [5.41, 5.74) is 2.92. The number of morpholine rings is 1. The second-order valence-electron chi connectivity index (χ2n) is 8.21. The third-order valence-electron chi connectivity index (χ3n) is 5.80. The number of hydrogen-bond donors (Lipinski definition) is 1. The number of hydrogen-bond acceptors (Lipinski definition) is 7. The van der Waals surface area contributed by atoms with E-state index in [2.05, 4.69) is 21.3 Å². The van der Waals surface area contributed by atoms with Gasteiger partial charge in [0.25, 0.3) is 0 Å². The van der Waals surface area contributed by atoms with Crippen molar-refractivity contribution in [2.75, 3.05) is 36.5 Å². The quantitative estimate of drug-likeness (QED) is 0.527. The SMILES string of the molecule is O=C1Nc2cc(CN3CCOCC3)ccc2CN1c1csc(CS(=O)(=O)c2ccc(Cl)cc2)n1. The van der Waals surface area contributed by atoms with E-state index in [-0.39, 0.29) is 16.7 Å². The highest BCUT2D eigenvalue weighted by Gasteiger charge is 2.27. The molecule has 3 aromatic rings. The number of amides is 2. The highest BCUT2D eigenvalue weighted by molar-refractivity contribution is 7.90. The fourth-order valence-electron chi connectivity index (χ4n) is 3.98. The molecule has 1 saturated heterocycles. The van der Waals surface area contributed by atoms with Gasteiger partial charge in [-0.1, -0.05) is 23.7 Å². The molecule has 2 amide bonds. The number of rotatable bonds is 6. The van der Waals surface area contributed by atoms with Gasteiger partial charge in [-0.25, -0.2) is 18.2 Å². The minimum absolute atomic E-state index is 0.186. The molecule has 5 rings (SSSR count). The largest absolute Gasteiger partial charge is 0.379 e. The summed E-state index contributed by atoms with van der Waals surface area (Å²) in [7, 11) is -3.57. The normalized spacial score (nSPS) is 16.9. The zero-order valence-electron chi connectivity index (χ0n) is 18.2. The smallest absolute Gasteiger partial charge is 0.327 e. The van der Waals surface area contributed by atoms with Gasteiger partial charge in [-0.3, -0.25) is 9.80 Å². The van der Waals surface area contributed by atoms with E-state index in [1.54, 1.807) is 17.5 Å². The fraction of sp³-hybridized carbons (Fsp3) is 0.304. The number of sulfone groups is 1. The van der Waals surface area contributed by atoms with Crippen molar-refractivity contribution in [3.8, 4) is 0 Å². The number of anilines is 2. The monoisotopic (exact) mass is 518 g/mol. The van der Waals surface area contributed by atoms with Gasteiger partial charge in [0.05, 0.1) is 24.7 Å². The van der Waals surface area contributed by atoms with E-state index in [9.17, 15) is 13.2 Å². The Hall–Kier alpha value is -2.50. The highest BCUT2D eigenvalue weighted by Crippen LogP contribution is 2.30. The average Bonchev–Trinajstić information content (AvgIpc) is 3.27. The number of ether oxygens (including phenoxy) is 1. The summed E-state index contributed by atoms with van der Waals surface area (Å²) in [6, 6.07) is 11.9. The summed E-state index contributed by atoms with van der Waals surface area (Å²) in [6.07, 6.45) is 0. The van der Waals surface area contributed by atoms with Gasteiger partial charge in [0.15, 0.2) is 9.84 Å². The maximum atomic E-state index is 12.8. The second-order valence-corrected chi connectivity index (χ2v) is 11.6. The molecule has 1 fully saturated rings. The molecule has 0 unspecified atom stereocenters. The topological polar surface area (TPSA) is 91.8 Å². The Morgan fingerprint density at radius 3 is 2.65 bits per heavy atom. The van der Waals surface area contributed by atoms with Crippen LogP contribution in [0.1, 0.15) is 16.1 Å². The molecule has 2 aliphatic rings. The molecule has 0 aliphatic carbocycles. The number of nitrogens with zero attached hydrogens (tertiary/aromatic N) is 3. The van der Waals surface area contributed by atoms with Crippen LogP contribution in [-0.2, 0) is 33.4 Å². The standard InChI is InChI=1S/C23H23ClN4O4S2/c24-18-3-5-19(6-4-18)34(30,31)15-22-26-21(14-33-22)28-13-17-2-1-16(11-20(17)25-23(28)29)12-27-7-9-32-10-8-27/h1-6,11,14H,7-10,12-13,15H2,(H,25,29). The summed E-state index contributed by atoms with van der Waals surface area (Å²) >= 11 is 7.08. The first-order valence-electron chi connectivity index (χ1n) is 10.8. The summed E-state index contributed by atoms with van der Waals surface area (Å²) in [6.45, 7) is 4.47. The number of urea groups is 1. The molecule has 3 heterocycles. The first kappa shape index (κ1) is 23.3. The first-order valence-corrected chi connectivity index (χ1v) is 13.7. The van der Waals surface area contributed by atoms with Gasteiger partial charge in [-0.15, -0.1) is 11.3 Å². The summed E-state index contributed by atoms with van der Waals surface area (Å²) < 4.78 is 30.8. The molecule has 1 aromatic heterocycles. The number of carbonyl (C=O) groups excluding carboxylic acids is 1. The number of nitrogens with one attached hydrogen (secondary N) is 1. The van der Waals surface area contributed by atoms with Crippen molar-refractivity contribution in [3.05, 3.63) is 69.0 Å². The Kier molecular flexibility index (Phi) is 6.59. The molecular weight excluding hydrogens is 496 g/mol. The predicted octanol–water partition coefficient (Wildman–Crippen LogP) is 4.15. The number of fused-ring (bicyclic) bond motifs is 1. The summed E-state index contributed by atoms with van der Waals surface area (Å²) in [5.74, 6) is 0.197. The van der Waals surface area contributed by atoms with Crippen LogP contribution < -0.4 is 10.2 Å². The lowest BCUT2D eigenvalue weighted by atomic mass is 10.1. The third kappa shape index (κ3) is 5.11. The van der Waals surface area contributed by atoms with Crippen molar-refractivity contribution in [2.24, 2.45) is 0 Å². The fourth-order valence-corrected chi connectivity index (χ4v) is 6.52. The molecule has 2 aliphatic heterocycles. The number of carbonyl (C=O) groups is 1. The van der Waals surface area contributed by atoms with Crippen LogP contribution in [0.2, 0.25) is 5.02 Å². The van der Waals surface area contributed by atoms with Crippen LogP contribution in [0.15, 0.2) is 52.7 Å². The minimum Gasteiger partial charge on any atom is -0.379 e. The number of thiazole rings is 1. The lowest BCUT2D eigenvalue weighted by molar-refractivity contribution is 0.0342. The average molecular weight is 519 g/mol. The second kappa shape index (κ2) is 9.63. The lowest BCUT2D eigenvalue weighted by Gasteiger charge is -2.29. The van der Waals surface area contributed by atoms with Crippen molar-refractivity contribution in [1.29, 1.82) is 0 Å². The Balaban J connectivity index is 1.28. The van der Waals surface area contributed by atoms with Crippen molar-refractivity contribution in [2.45, 2.75) is 23.7 Å². The summed E-state index contributed by atoms with van der Waals surface area (Å²) in [4.78, 5) is 21.3. The van der Waals surface area contributed by atoms with E-state index in [1.807, 2.05) is 12.1 Å². The molecule has 0 saturated carbocycles. The maximum Gasteiger partial charge on any atom is 0.327 e. The van der Waals surface area contributed by atoms with Crippen LogP contribution in [0.25, 0.3) is 0 Å². The Morgan fingerprint density at radius 2 is 1.88 bits per heavy atom. The molecular formula is C23H23ClN4O4S2. The number of aromatic nitrogens is 1. The number of halogens is 1. The van der Waals surface area contributed by atoms with E-state index in [0.29, 0.717) is 22.4 Å². The Bertz CT molecular complexity index is 1300. The summed E-state index contributed by atoms with van der Waals surface area (Å²) in [5, 5.41) is 5.56. The van der Waals surface area contributed by atoms with Crippen LogP contribution in [0.3, 0.4) is 0 Å². The predicted molar refractivity (Wildman–Crippen MR) is 132 cm³/mol. The van der Waals surface area contributed by atoms with Gasteiger partial charge >= 0.3 is 6.03 Å². The third-order valence-corrected chi connectivity index (χ3v) is 8.72. The van der Waals surface area contributed by atoms with Gasteiger partial charge in [0.1, 0.15) is 16.6 Å². The highest BCUT2D eigenvalue weighted by atomic mass is 35.5. The Labute approximate surface area is 207 Å². The molecule has 34 heavy (non-hydrogen) atoms. The number of benzene rings is 2. The van der Waals surface area contributed by atoms with Crippen LogP contribution in [0.5, 0.6) is 0 Å². The van der Waals surface area contributed by atoms with Crippen LogP contribution >= 0.6 is 22.9 Å². The molecule has 178 valence electrons. The van der Waals surface area contributed by atoms with Gasteiger partial charge in [0.2, 0.25) is 0 Å². The minimum atomic E-state index is -3.57. The molecule has 0 atom stereocenters. The first-order chi connectivity index (χ1) is 16.4. The van der Waals surface area contributed by atoms with E-state index in [0.717, 1.165) is 49.7 Å². The molecule has 0 radical (unpaired) electrons. The van der Waals surface area contributed by atoms with E-state index in [1.165, 1.54) is 28.4 Å².